The van der Waals surface area contributed by atoms with Crippen molar-refractivity contribution in [2.45, 2.75) is 46.5 Å². The van der Waals surface area contributed by atoms with Gasteiger partial charge in [-0.3, -0.25) is 9.78 Å². The zero-order valence-electron chi connectivity index (χ0n) is 17.9. The van der Waals surface area contributed by atoms with Crippen molar-refractivity contribution >= 4 is 22.6 Å². The van der Waals surface area contributed by atoms with E-state index in [2.05, 4.69) is 9.97 Å². The Morgan fingerprint density at radius 1 is 1.13 bits per heavy atom. The van der Waals surface area contributed by atoms with Crippen molar-refractivity contribution in [2.75, 3.05) is 5.73 Å². The summed E-state index contributed by atoms with van der Waals surface area (Å²) in [4.78, 5) is 23.3. The van der Waals surface area contributed by atoms with Gasteiger partial charge in [0, 0.05) is 23.2 Å². The highest BCUT2D eigenvalue weighted by Gasteiger charge is 2.31. The molecule has 8 heteroatoms. The number of nitrogens with two attached hydrogens (primary N) is 1. The molecule has 1 unspecified atom stereocenters. The first kappa shape index (κ1) is 22.5. The molecule has 0 fully saturated rings. The smallest absolute Gasteiger partial charge is 0.383 e. The number of halogens is 3. The molecule has 2 aromatic heterocycles. The Hall–Kier alpha value is -3.16. The van der Waals surface area contributed by atoms with Gasteiger partial charge in [-0.1, -0.05) is 13.8 Å². The van der Waals surface area contributed by atoms with Crippen LogP contribution in [0.1, 0.15) is 48.0 Å². The molecular formula is C23H25F3N4O. The molecule has 2 heterocycles. The van der Waals surface area contributed by atoms with E-state index in [1.165, 1.54) is 6.07 Å². The topological polar surface area (TPSA) is 72.1 Å². The largest absolute Gasteiger partial charge is 0.417 e. The third-order valence-electron chi connectivity index (χ3n) is 5.49. The summed E-state index contributed by atoms with van der Waals surface area (Å²) >= 11 is 0. The van der Waals surface area contributed by atoms with Gasteiger partial charge in [-0.05, 0) is 61.7 Å². The number of amides is 1. The van der Waals surface area contributed by atoms with E-state index in [0.29, 0.717) is 22.6 Å². The first-order valence-corrected chi connectivity index (χ1v) is 9.97. The van der Waals surface area contributed by atoms with Gasteiger partial charge in [-0.15, -0.1) is 0 Å². The zero-order valence-corrected chi connectivity index (χ0v) is 17.9. The van der Waals surface area contributed by atoms with E-state index in [-0.39, 0.29) is 24.4 Å². The van der Waals surface area contributed by atoms with Crippen LogP contribution < -0.4 is 5.73 Å². The van der Waals surface area contributed by atoms with Gasteiger partial charge in [0.2, 0.25) is 0 Å². The third kappa shape index (κ3) is 4.95. The quantitative estimate of drug-likeness (QED) is 0.602. The van der Waals surface area contributed by atoms with Gasteiger partial charge in [0.05, 0.1) is 23.3 Å². The molecule has 0 saturated carbocycles. The van der Waals surface area contributed by atoms with Crippen LogP contribution in [0.5, 0.6) is 0 Å². The van der Waals surface area contributed by atoms with E-state index in [4.69, 9.17) is 5.73 Å². The summed E-state index contributed by atoms with van der Waals surface area (Å²) in [7, 11) is 0. The summed E-state index contributed by atoms with van der Waals surface area (Å²) in [6, 6.07) is 9.21. The Morgan fingerprint density at radius 2 is 1.84 bits per heavy atom. The number of hydrogen-bond acceptors (Lipinski definition) is 4. The number of rotatable bonds is 5. The molecule has 0 saturated heterocycles. The molecule has 164 valence electrons. The molecule has 1 atom stereocenters. The number of benzene rings is 1. The van der Waals surface area contributed by atoms with Crippen LogP contribution in [0.25, 0.3) is 10.9 Å². The van der Waals surface area contributed by atoms with E-state index in [1.54, 1.807) is 23.1 Å². The van der Waals surface area contributed by atoms with E-state index in [9.17, 15) is 18.0 Å². The molecule has 0 radical (unpaired) electrons. The number of carbonyl (C=O) groups excluding carboxylic acids is 1. The Balaban J connectivity index is 1.94. The maximum atomic E-state index is 13.4. The maximum absolute atomic E-state index is 13.4. The number of pyridine rings is 2. The van der Waals surface area contributed by atoms with Crippen LogP contribution in [0.2, 0.25) is 0 Å². The van der Waals surface area contributed by atoms with Gasteiger partial charge in [-0.25, -0.2) is 4.98 Å². The fraction of sp³-hybridized carbons (Fsp3) is 0.348. The lowest BCUT2D eigenvalue weighted by Gasteiger charge is -2.32. The second kappa shape index (κ2) is 8.53. The number of carbonyl (C=O) groups is 1. The first-order valence-electron chi connectivity index (χ1n) is 9.97. The number of nitrogens with zero attached hydrogens (tertiary/aromatic N) is 3. The van der Waals surface area contributed by atoms with Crippen molar-refractivity contribution in [3.05, 3.63) is 65.0 Å². The van der Waals surface area contributed by atoms with Gasteiger partial charge in [-0.2, -0.15) is 13.2 Å². The maximum Gasteiger partial charge on any atom is 0.417 e. The predicted octanol–water partition coefficient (Wildman–Crippen LogP) is 5.23. The normalized spacial score (nSPS) is 12.9. The van der Waals surface area contributed by atoms with Crippen LogP contribution in [0.15, 0.2) is 42.6 Å². The summed E-state index contributed by atoms with van der Waals surface area (Å²) in [5.41, 5.74) is 7.41. The van der Waals surface area contributed by atoms with Gasteiger partial charge < -0.3 is 10.6 Å². The molecule has 1 amide bonds. The minimum atomic E-state index is -4.45. The minimum Gasteiger partial charge on any atom is -0.383 e. The molecule has 0 aliphatic rings. The molecule has 0 aliphatic heterocycles. The Kier molecular flexibility index (Phi) is 6.20. The van der Waals surface area contributed by atoms with Crippen LogP contribution in [0.3, 0.4) is 0 Å². The standard InChI is InChI=1S/C23H25F3N4O/c1-13(2)15(4)30(12-19-7-6-18(11-28-19)23(24,25)26)22(31)16-5-8-20-17(10-16)9-14(3)21(27)29-20/h5-11,13,15H,12H2,1-4H3,(H2,27,29). The number of aromatic nitrogens is 2. The van der Waals surface area contributed by atoms with Gasteiger partial charge in [0.25, 0.3) is 5.91 Å². The lowest BCUT2D eigenvalue weighted by atomic mass is 10.0. The molecule has 2 N–H and O–H groups in total. The fourth-order valence-corrected chi connectivity index (χ4v) is 3.22. The minimum absolute atomic E-state index is 0.105. The van der Waals surface area contributed by atoms with Crippen molar-refractivity contribution in [1.29, 1.82) is 0 Å². The molecule has 3 aromatic rings. The molecular weight excluding hydrogens is 405 g/mol. The molecule has 0 spiro atoms. The number of fused-ring (bicyclic) bond motifs is 1. The van der Waals surface area contributed by atoms with Gasteiger partial charge in [0.1, 0.15) is 5.82 Å². The highest BCUT2D eigenvalue weighted by Crippen LogP contribution is 2.29. The summed E-state index contributed by atoms with van der Waals surface area (Å²) in [5, 5.41) is 0.794. The number of anilines is 1. The molecule has 0 aliphatic carbocycles. The predicted molar refractivity (Wildman–Crippen MR) is 114 cm³/mol. The van der Waals surface area contributed by atoms with E-state index in [0.717, 1.165) is 23.2 Å². The van der Waals surface area contributed by atoms with Crippen molar-refractivity contribution < 1.29 is 18.0 Å². The Bertz CT molecular complexity index is 1090. The monoisotopic (exact) mass is 430 g/mol. The van der Waals surface area contributed by atoms with E-state index >= 15 is 0 Å². The summed E-state index contributed by atoms with van der Waals surface area (Å²) in [6.07, 6.45) is -3.65. The lowest BCUT2D eigenvalue weighted by Crippen LogP contribution is -2.41. The van der Waals surface area contributed by atoms with Crippen molar-refractivity contribution in [3.8, 4) is 0 Å². The first-order chi connectivity index (χ1) is 14.5. The average molecular weight is 430 g/mol. The van der Waals surface area contributed by atoms with Crippen LogP contribution in [0.4, 0.5) is 19.0 Å². The fourth-order valence-electron chi connectivity index (χ4n) is 3.22. The SMILES string of the molecule is Cc1cc2cc(C(=O)N(Cc3ccc(C(F)(F)F)cn3)C(C)C(C)C)ccc2nc1N. The highest BCUT2D eigenvalue weighted by molar-refractivity contribution is 5.98. The number of aryl methyl sites for hydroxylation is 1. The van der Waals surface area contributed by atoms with Crippen LogP contribution in [0, 0.1) is 12.8 Å². The zero-order chi connectivity index (χ0) is 22.9. The lowest BCUT2D eigenvalue weighted by molar-refractivity contribution is -0.137. The second-order valence-electron chi connectivity index (χ2n) is 8.05. The van der Waals surface area contributed by atoms with Crippen LogP contribution in [-0.4, -0.2) is 26.8 Å². The second-order valence-corrected chi connectivity index (χ2v) is 8.05. The molecule has 31 heavy (non-hydrogen) atoms. The van der Waals surface area contributed by atoms with Crippen LogP contribution >= 0.6 is 0 Å². The molecule has 3 rings (SSSR count). The summed E-state index contributed by atoms with van der Waals surface area (Å²) < 4.78 is 38.5. The Morgan fingerprint density at radius 3 is 2.42 bits per heavy atom. The molecule has 0 bridgehead atoms. The molecule has 1 aromatic carbocycles. The third-order valence-corrected chi connectivity index (χ3v) is 5.49. The van der Waals surface area contributed by atoms with Crippen molar-refractivity contribution in [2.24, 2.45) is 5.92 Å². The average Bonchev–Trinajstić information content (AvgIpc) is 2.71. The number of alkyl halides is 3. The van der Waals surface area contributed by atoms with Crippen molar-refractivity contribution in [1.82, 2.24) is 14.9 Å². The summed E-state index contributed by atoms with van der Waals surface area (Å²) in [5.74, 6) is 0.358. The Labute approximate surface area is 179 Å². The van der Waals surface area contributed by atoms with Crippen molar-refractivity contribution in [3.63, 3.8) is 0 Å². The van der Waals surface area contributed by atoms with Gasteiger partial charge in [0.15, 0.2) is 0 Å². The summed E-state index contributed by atoms with van der Waals surface area (Å²) in [6.45, 7) is 7.84. The number of hydrogen-bond donors (Lipinski definition) is 1. The molecule has 5 nitrogen and oxygen atoms in total. The van der Waals surface area contributed by atoms with E-state index in [1.807, 2.05) is 33.8 Å². The van der Waals surface area contributed by atoms with E-state index < -0.39 is 11.7 Å². The van der Waals surface area contributed by atoms with Gasteiger partial charge >= 0.3 is 6.18 Å². The number of nitrogen functional groups attached to an aromatic ring is 1. The van der Waals surface area contributed by atoms with Crippen LogP contribution in [-0.2, 0) is 12.7 Å². The highest BCUT2D eigenvalue weighted by atomic mass is 19.4.